The van der Waals surface area contributed by atoms with E-state index < -0.39 is 0 Å². The van der Waals surface area contributed by atoms with Crippen molar-refractivity contribution in [2.24, 2.45) is 0 Å². The minimum absolute atomic E-state index is 0.182. The number of hydrogen-bond donors (Lipinski definition) is 0. The number of fused-ring (bicyclic) bond motifs is 1. The molecule has 0 radical (unpaired) electrons. The van der Waals surface area contributed by atoms with E-state index in [9.17, 15) is 9.59 Å². The Balaban J connectivity index is 1.25. The molecular weight excluding hydrogens is 522 g/mol. The number of hydrogen-bond acceptors (Lipinski definition) is 6. The molecule has 0 bridgehead atoms. The molecule has 0 saturated carbocycles. The SMILES string of the molecule is CCOc1cc(/C=C2\SC(=O)N(CCOc3cc(C)ccc3C)C2=O)ccc1OCc1ccc2ccccc2c1. The summed E-state index contributed by atoms with van der Waals surface area (Å²) in [5, 5.41) is 2.04. The van der Waals surface area contributed by atoms with E-state index >= 15 is 0 Å². The molecule has 7 heteroatoms. The molecule has 2 amide bonds. The smallest absolute Gasteiger partial charge is 0.293 e. The molecule has 204 valence electrons. The first-order valence-corrected chi connectivity index (χ1v) is 14.1. The maximum absolute atomic E-state index is 13.0. The molecule has 1 aliphatic rings. The first kappa shape index (κ1) is 27.3. The fraction of sp³-hybridized carbons (Fsp3) is 0.212. The molecule has 1 heterocycles. The fourth-order valence-electron chi connectivity index (χ4n) is 4.45. The van der Waals surface area contributed by atoms with Gasteiger partial charge in [-0.25, -0.2) is 0 Å². The standard InChI is InChI=1S/C33H31NO5S/c1-4-37-30-19-24(12-14-28(30)39-21-25-11-13-26-7-5-6-8-27(26)18-25)20-31-32(35)34(33(36)40-31)15-16-38-29-17-22(2)9-10-23(29)3/h5-14,17-20H,4,15-16,21H2,1-3H3/b31-20-. The highest BCUT2D eigenvalue weighted by Crippen LogP contribution is 2.35. The maximum Gasteiger partial charge on any atom is 0.293 e. The van der Waals surface area contributed by atoms with Crippen LogP contribution in [-0.4, -0.2) is 35.8 Å². The topological polar surface area (TPSA) is 65.1 Å². The van der Waals surface area contributed by atoms with E-state index in [4.69, 9.17) is 14.2 Å². The van der Waals surface area contributed by atoms with Crippen molar-refractivity contribution in [2.75, 3.05) is 19.8 Å². The molecule has 0 spiro atoms. The number of benzene rings is 4. The lowest BCUT2D eigenvalue weighted by Crippen LogP contribution is -2.32. The van der Waals surface area contributed by atoms with Crippen LogP contribution in [0.2, 0.25) is 0 Å². The highest BCUT2D eigenvalue weighted by Gasteiger charge is 2.34. The van der Waals surface area contributed by atoms with Gasteiger partial charge in [0.05, 0.1) is 18.1 Å². The van der Waals surface area contributed by atoms with E-state index in [2.05, 4.69) is 30.3 Å². The summed E-state index contributed by atoms with van der Waals surface area (Å²) in [6.45, 7) is 7.14. The van der Waals surface area contributed by atoms with E-state index in [-0.39, 0.29) is 24.3 Å². The average molecular weight is 554 g/mol. The van der Waals surface area contributed by atoms with Crippen LogP contribution >= 0.6 is 11.8 Å². The fourth-order valence-corrected chi connectivity index (χ4v) is 5.31. The van der Waals surface area contributed by atoms with Gasteiger partial charge in [0.15, 0.2) is 11.5 Å². The van der Waals surface area contributed by atoms with E-state index in [0.717, 1.165) is 45.2 Å². The van der Waals surface area contributed by atoms with Crippen LogP contribution in [-0.2, 0) is 11.4 Å². The van der Waals surface area contributed by atoms with Crippen LogP contribution in [0.5, 0.6) is 17.2 Å². The number of imide groups is 1. The summed E-state index contributed by atoms with van der Waals surface area (Å²) in [6, 6.07) is 26.0. The van der Waals surface area contributed by atoms with Gasteiger partial charge in [-0.15, -0.1) is 0 Å². The van der Waals surface area contributed by atoms with Crippen molar-refractivity contribution in [3.63, 3.8) is 0 Å². The number of thioether (sulfide) groups is 1. The Morgan fingerprint density at radius 3 is 2.45 bits per heavy atom. The third-order valence-corrected chi connectivity index (χ3v) is 7.47. The number of amides is 2. The van der Waals surface area contributed by atoms with Crippen LogP contribution in [0.1, 0.15) is 29.2 Å². The van der Waals surface area contributed by atoms with Gasteiger partial charge in [0.2, 0.25) is 0 Å². The lowest BCUT2D eigenvalue weighted by Gasteiger charge is -2.15. The van der Waals surface area contributed by atoms with Crippen LogP contribution in [0.3, 0.4) is 0 Å². The van der Waals surface area contributed by atoms with Gasteiger partial charge in [-0.3, -0.25) is 14.5 Å². The molecule has 1 saturated heterocycles. The third kappa shape index (κ3) is 6.32. The second-order valence-electron chi connectivity index (χ2n) is 9.56. The zero-order valence-corrected chi connectivity index (χ0v) is 23.6. The predicted octanol–water partition coefficient (Wildman–Crippen LogP) is 7.55. The van der Waals surface area contributed by atoms with Crippen molar-refractivity contribution in [1.29, 1.82) is 0 Å². The summed E-state index contributed by atoms with van der Waals surface area (Å²) in [6.07, 6.45) is 1.71. The van der Waals surface area contributed by atoms with E-state index in [0.29, 0.717) is 29.6 Å². The van der Waals surface area contributed by atoms with Crippen LogP contribution in [0.15, 0.2) is 83.8 Å². The average Bonchev–Trinajstić information content (AvgIpc) is 3.21. The summed E-state index contributed by atoms with van der Waals surface area (Å²) in [5.74, 6) is 1.63. The van der Waals surface area contributed by atoms with Gasteiger partial charge in [-0.2, -0.15) is 0 Å². The molecule has 1 aliphatic heterocycles. The molecule has 4 aromatic rings. The zero-order valence-electron chi connectivity index (χ0n) is 22.8. The largest absolute Gasteiger partial charge is 0.491 e. The lowest BCUT2D eigenvalue weighted by molar-refractivity contribution is -0.123. The third-order valence-electron chi connectivity index (χ3n) is 6.56. The summed E-state index contributed by atoms with van der Waals surface area (Å²) >= 11 is 0.931. The molecule has 1 fully saturated rings. The van der Waals surface area contributed by atoms with E-state index in [1.54, 1.807) is 6.08 Å². The number of rotatable bonds is 10. The highest BCUT2D eigenvalue weighted by molar-refractivity contribution is 8.18. The molecule has 0 aliphatic carbocycles. The number of carbonyl (C=O) groups is 2. The van der Waals surface area contributed by atoms with E-state index in [1.165, 1.54) is 10.3 Å². The monoisotopic (exact) mass is 553 g/mol. The van der Waals surface area contributed by atoms with Crippen LogP contribution in [0, 0.1) is 13.8 Å². The van der Waals surface area contributed by atoms with Gasteiger partial charge in [0.1, 0.15) is 19.0 Å². The summed E-state index contributed by atoms with van der Waals surface area (Å²) in [5.41, 5.74) is 3.90. The molecular formula is C33H31NO5S. The molecule has 4 aromatic carbocycles. The lowest BCUT2D eigenvalue weighted by atomic mass is 10.1. The number of nitrogens with zero attached hydrogens (tertiary/aromatic N) is 1. The normalized spacial score (nSPS) is 14.3. The molecule has 6 nitrogen and oxygen atoms in total. The number of carbonyl (C=O) groups excluding carboxylic acids is 2. The van der Waals surface area contributed by atoms with Gasteiger partial charge in [0.25, 0.3) is 11.1 Å². The second-order valence-corrected chi connectivity index (χ2v) is 10.6. The quantitative estimate of drug-likeness (QED) is 0.189. The van der Waals surface area contributed by atoms with Crippen molar-refractivity contribution < 1.29 is 23.8 Å². The zero-order chi connectivity index (χ0) is 28.1. The Labute approximate surface area is 238 Å². The molecule has 0 atom stereocenters. The second kappa shape index (κ2) is 12.3. The Morgan fingerprint density at radius 1 is 0.800 bits per heavy atom. The molecule has 0 unspecified atom stereocenters. The molecule has 5 rings (SSSR count). The van der Waals surface area contributed by atoms with Gasteiger partial charge in [-0.1, -0.05) is 54.6 Å². The van der Waals surface area contributed by atoms with Gasteiger partial charge >= 0.3 is 0 Å². The summed E-state index contributed by atoms with van der Waals surface area (Å²) in [4.78, 5) is 27.2. The Hall–Kier alpha value is -4.23. The van der Waals surface area contributed by atoms with Crippen molar-refractivity contribution >= 4 is 39.8 Å². The van der Waals surface area contributed by atoms with Gasteiger partial charge in [0, 0.05) is 0 Å². The minimum atomic E-state index is -0.325. The van der Waals surface area contributed by atoms with Gasteiger partial charge < -0.3 is 14.2 Å². The van der Waals surface area contributed by atoms with Gasteiger partial charge in [-0.05, 0) is 95.9 Å². The van der Waals surface area contributed by atoms with Crippen LogP contribution in [0.4, 0.5) is 4.79 Å². The molecule has 40 heavy (non-hydrogen) atoms. The highest BCUT2D eigenvalue weighted by atomic mass is 32.2. The van der Waals surface area contributed by atoms with E-state index in [1.807, 2.05) is 69.3 Å². The predicted molar refractivity (Wildman–Crippen MR) is 160 cm³/mol. The Bertz CT molecular complexity index is 1600. The van der Waals surface area contributed by atoms with Crippen LogP contribution < -0.4 is 14.2 Å². The molecule has 0 aromatic heterocycles. The first-order valence-electron chi connectivity index (χ1n) is 13.2. The number of ether oxygens (including phenoxy) is 3. The molecule has 0 N–H and O–H groups in total. The van der Waals surface area contributed by atoms with Crippen molar-refractivity contribution in [3.8, 4) is 17.2 Å². The van der Waals surface area contributed by atoms with Crippen molar-refractivity contribution in [1.82, 2.24) is 4.90 Å². The maximum atomic E-state index is 13.0. The van der Waals surface area contributed by atoms with Crippen LogP contribution in [0.25, 0.3) is 16.8 Å². The Morgan fingerprint density at radius 2 is 1.62 bits per heavy atom. The minimum Gasteiger partial charge on any atom is -0.491 e. The Kier molecular flexibility index (Phi) is 8.41. The summed E-state index contributed by atoms with van der Waals surface area (Å²) < 4.78 is 17.8. The van der Waals surface area contributed by atoms with Crippen molar-refractivity contribution in [2.45, 2.75) is 27.4 Å². The van der Waals surface area contributed by atoms with Crippen molar-refractivity contribution in [3.05, 3.63) is 106 Å². The first-order chi connectivity index (χ1) is 19.4. The number of aryl methyl sites for hydroxylation is 2. The summed E-state index contributed by atoms with van der Waals surface area (Å²) in [7, 11) is 0.